The largest absolute Gasteiger partial charge is 0.495 e. The molecule has 0 bridgehead atoms. The molecule has 0 aromatic carbocycles. The van der Waals surface area contributed by atoms with Gasteiger partial charge in [0.1, 0.15) is 11.6 Å². The highest BCUT2D eigenvalue weighted by Gasteiger charge is 1.94. The van der Waals surface area contributed by atoms with E-state index in [1.165, 1.54) is 0 Å². The topological polar surface area (TPSA) is 43.4 Å². The minimum Gasteiger partial charge on any atom is -0.495 e. The summed E-state index contributed by atoms with van der Waals surface area (Å²) in [5, 5.41) is 3.23. The Labute approximate surface area is 90.6 Å². The van der Waals surface area contributed by atoms with Crippen molar-refractivity contribution in [3.8, 4) is 5.75 Å². The van der Waals surface area contributed by atoms with E-state index in [4.69, 9.17) is 9.47 Å². The Kier molecular flexibility index (Phi) is 5.55. The Hall–Kier alpha value is -1.29. The average molecular weight is 210 g/mol. The van der Waals surface area contributed by atoms with Crippen molar-refractivity contribution in [2.24, 2.45) is 0 Å². The first kappa shape index (κ1) is 11.8. The van der Waals surface area contributed by atoms with Crippen molar-refractivity contribution >= 4 is 5.82 Å². The molecule has 84 valence electrons. The Morgan fingerprint density at radius 2 is 2.13 bits per heavy atom. The van der Waals surface area contributed by atoms with Crippen molar-refractivity contribution < 1.29 is 9.47 Å². The summed E-state index contributed by atoms with van der Waals surface area (Å²) in [6.07, 6.45) is 3.86. The summed E-state index contributed by atoms with van der Waals surface area (Å²) in [6, 6.07) is 3.81. The van der Waals surface area contributed by atoms with Crippen molar-refractivity contribution in [1.29, 1.82) is 0 Å². The van der Waals surface area contributed by atoms with Gasteiger partial charge in [-0.15, -0.1) is 0 Å². The van der Waals surface area contributed by atoms with Crippen LogP contribution in [0.4, 0.5) is 5.82 Å². The summed E-state index contributed by atoms with van der Waals surface area (Å²) in [4.78, 5) is 4.20. The molecule has 4 heteroatoms. The number of aromatic nitrogens is 1. The summed E-state index contributed by atoms with van der Waals surface area (Å²) < 4.78 is 9.98. The lowest BCUT2D eigenvalue weighted by Gasteiger charge is -2.05. The van der Waals surface area contributed by atoms with Gasteiger partial charge in [-0.2, -0.15) is 0 Å². The molecule has 0 aliphatic carbocycles. The van der Waals surface area contributed by atoms with Gasteiger partial charge in [0.15, 0.2) is 0 Å². The van der Waals surface area contributed by atoms with Crippen LogP contribution < -0.4 is 10.1 Å². The van der Waals surface area contributed by atoms with Gasteiger partial charge in [-0.25, -0.2) is 4.98 Å². The molecule has 15 heavy (non-hydrogen) atoms. The van der Waals surface area contributed by atoms with Crippen LogP contribution in [-0.4, -0.2) is 32.4 Å². The third-order valence-electron chi connectivity index (χ3n) is 2.05. The van der Waals surface area contributed by atoms with E-state index in [2.05, 4.69) is 10.3 Å². The fourth-order valence-corrected chi connectivity index (χ4v) is 1.19. The summed E-state index contributed by atoms with van der Waals surface area (Å²) in [7, 11) is 3.35. The number of unbranched alkanes of at least 4 members (excludes halogenated alkanes) is 1. The van der Waals surface area contributed by atoms with E-state index in [0.717, 1.165) is 37.6 Å². The zero-order valence-electron chi connectivity index (χ0n) is 9.32. The van der Waals surface area contributed by atoms with Gasteiger partial charge in [0.2, 0.25) is 0 Å². The highest BCUT2D eigenvalue weighted by Crippen LogP contribution is 2.10. The minimum atomic E-state index is 0.778. The van der Waals surface area contributed by atoms with Gasteiger partial charge in [-0.1, -0.05) is 0 Å². The first-order chi connectivity index (χ1) is 7.36. The molecule has 1 N–H and O–H groups in total. The van der Waals surface area contributed by atoms with Gasteiger partial charge in [0.25, 0.3) is 0 Å². The zero-order chi connectivity index (χ0) is 10.9. The molecule has 4 nitrogen and oxygen atoms in total. The summed E-state index contributed by atoms with van der Waals surface area (Å²) >= 11 is 0. The Balaban J connectivity index is 2.20. The summed E-state index contributed by atoms with van der Waals surface area (Å²) in [5.74, 6) is 1.66. The maximum atomic E-state index is 5.02. The summed E-state index contributed by atoms with van der Waals surface area (Å²) in [6.45, 7) is 1.74. The standard InChI is InChI=1S/C11H18N2O2/c1-14-8-4-3-7-12-11-6-5-10(15-2)9-13-11/h5-6,9H,3-4,7-8H2,1-2H3,(H,12,13). The maximum absolute atomic E-state index is 5.02. The third kappa shape index (κ3) is 4.65. The highest BCUT2D eigenvalue weighted by molar-refractivity contribution is 5.37. The van der Waals surface area contributed by atoms with Crippen LogP contribution in [0.5, 0.6) is 5.75 Å². The SMILES string of the molecule is COCCCCNc1ccc(OC)cn1. The number of anilines is 1. The second-order valence-corrected chi connectivity index (χ2v) is 3.21. The molecule has 0 saturated heterocycles. The number of hydrogen-bond acceptors (Lipinski definition) is 4. The molecule has 0 saturated carbocycles. The number of ether oxygens (including phenoxy) is 2. The molecule has 1 aromatic rings. The second-order valence-electron chi connectivity index (χ2n) is 3.21. The van der Waals surface area contributed by atoms with Crippen LogP contribution in [0.2, 0.25) is 0 Å². The number of pyridine rings is 1. The molecule has 1 aromatic heterocycles. The zero-order valence-corrected chi connectivity index (χ0v) is 9.32. The van der Waals surface area contributed by atoms with Gasteiger partial charge >= 0.3 is 0 Å². The smallest absolute Gasteiger partial charge is 0.137 e. The molecule has 0 aliphatic heterocycles. The molecule has 0 radical (unpaired) electrons. The van der Waals surface area contributed by atoms with E-state index < -0.39 is 0 Å². The molecule has 0 fully saturated rings. The van der Waals surface area contributed by atoms with Gasteiger partial charge in [-0.05, 0) is 25.0 Å². The van der Waals surface area contributed by atoms with E-state index in [-0.39, 0.29) is 0 Å². The fourth-order valence-electron chi connectivity index (χ4n) is 1.19. The quantitative estimate of drug-likeness (QED) is 0.698. The lowest BCUT2D eigenvalue weighted by Crippen LogP contribution is -2.04. The van der Waals surface area contributed by atoms with Crippen LogP contribution in [0.25, 0.3) is 0 Å². The number of nitrogens with zero attached hydrogens (tertiary/aromatic N) is 1. The van der Waals surface area contributed by atoms with Crippen molar-refractivity contribution in [3.05, 3.63) is 18.3 Å². The van der Waals surface area contributed by atoms with Crippen LogP contribution in [-0.2, 0) is 4.74 Å². The number of hydrogen-bond donors (Lipinski definition) is 1. The van der Waals surface area contributed by atoms with Crippen molar-refractivity contribution in [2.75, 3.05) is 32.7 Å². The molecule has 1 heterocycles. The first-order valence-electron chi connectivity index (χ1n) is 5.09. The van der Waals surface area contributed by atoms with Crippen LogP contribution in [0, 0.1) is 0 Å². The highest BCUT2D eigenvalue weighted by atomic mass is 16.5. The van der Waals surface area contributed by atoms with E-state index >= 15 is 0 Å². The second kappa shape index (κ2) is 7.06. The van der Waals surface area contributed by atoms with Gasteiger partial charge in [-0.3, -0.25) is 0 Å². The van der Waals surface area contributed by atoms with Gasteiger partial charge in [0, 0.05) is 20.3 Å². The van der Waals surface area contributed by atoms with E-state index in [1.807, 2.05) is 12.1 Å². The molecular formula is C11H18N2O2. The fraction of sp³-hybridized carbons (Fsp3) is 0.545. The predicted molar refractivity (Wildman–Crippen MR) is 60.4 cm³/mol. The van der Waals surface area contributed by atoms with E-state index in [0.29, 0.717) is 0 Å². The Morgan fingerprint density at radius 3 is 2.73 bits per heavy atom. The number of rotatable bonds is 7. The maximum Gasteiger partial charge on any atom is 0.137 e. The van der Waals surface area contributed by atoms with Crippen molar-refractivity contribution in [3.63, 3.8) is 0 Å². The molecule has 0 atom stereocenters. The lowest BCUT2D eigenvalue weighted by atomic mass is 10.3. The normalized spacial score (nSPS) is 10.0. The summed E-state index contributed by atoms with van der Waals surface area (Å²) in [5.41, 5.74) is 0. The minimum absolute atomic E-state index is 0.778. The van der Waals surface area contributed by atoms with Gasteiger partial charge < -0.3 is 14.8 Å². The van der Waals surface area contributed by atoms with Crippen LogP contribution in [0.3, 0.4) is 0 Å². The number of methoxy groups -OCH3 is 2. The molecule has 0 unspecified atom stereocenters. The van der Waals surface area contributed by atoms with Crippen LogP contribution in [0.1, 0.15) is 12.8 Å². The third-order valence-corrected chi connectivity index (χ3v) is 2.05. The molecule has 0 spiro atoms. The molecule has 1 rings (SSSR count). The number of nitrogens with one attached hydrogen (secondary N) is 1. The predicted octanol–water partition coefficient (Wildman–Crippen LogP) is 1.93. The Bertz CT molecular complexity index is 262. The lowest BCUT2D eigenvalue weighted by molar-refractivity contribution is 0.194. The van der Waals surface area contributed by atoms with Crippen LogP contribution in [0.15, 0.2) is 18.3 Å². The first-order valence-corrected chi connectivity index (χ1v) is 5.09. The van der Waals surface area contributed by atoms with Crippen LogP contribution >= 0.6 is 0 Å². The Morgan fingerprint density at radius 1 is 1.27 bits per heavy atom. The van der Waals surface area contributed by atoms with E-state index in [1.54, 1.807) is 20.4 Å². The van der Waals surface area contributed by atoms with Crippen molar-refractivity contribution in [1.82, 2.24) is 4.98 Å². The molecule has 0 aliphatic rings. The average Bonchev–Trinajstić information content (AvgIpc) is 2.30. The molecule has 0 amide bonds. The van der Waals surface area contributed by atoms with Crippen molar-refractivity contribution in [2.45, 2.75) is 12.8 Å². The van der Waals surface area contributed by atoms with E-state index in [9.17, 15) is 0 Å². The van der Waals surface area contributed by atoms with Gasteiger partial charge in [0.05, 0.1) is 13.3 Å². The molecular weight excluding hydrogens is 192 g/mol. The monoisotopic (exact) mass is 210 g/mol.